The van der Waals surface area contributed by atoms with Crippen LogP contribution in [-0.2, 0) is 19.1 Å². The van der Waals surface area contributed by atoms with Crippen molar-refractivity contribution in [2.75, 3.05) is 13.7 Å². The standard InChI is InChI=1S/C10H15F3N2O4/c1-5(2)7(8(17)19-3)15-6(16)4-14-9(18)10(11,12)13/h5,7H,4H2,1-3H3,(H,14,18)(H,15,16)/t7-/m0/s1. The number of alkyl halides is 3. The van der Waals surface area contributed by atoms with Crippen molar-refractivity contribution in [1.29, 1.82) is 0 Å². The second-order valence-corrected chi connectivity index (χ2v) is 3.99. The van der Waals surface area contributed by atoms with Crippen LogP contribution in [-0.4, -0.2) is 43.7 Å². The minimum atomic E-state index is -5.06. The van der Waals surface area contributed by atoms with E-state index in [1.165, 1.54) is 5.32 Å². The number of methoxy groups -OCH3 is 1. The Balaban J connectivity index is 4.37. The third-order valence-electron chi connectivity index (χ3n) is 2.11. The Morgan fingerprint density at radius 1 is 1.21 bits per heavy atom. The van der Waals surface area contributed by atoms with Crippen LogP contribution in [0.3, 0.4) is 0 Å². The second kappa shape index (κ2) is 6.95. The lowest BCUT2D eigenvalue weighted by Crippen LogP contribution is -2.49. The van der Waals surface area contributed by atoms with Gasteiger partial charge in [-0.2, -0.15) is 13.2 Å². The first kappa shape index (κ1) is 17.2. The van der Waals surface area contributed by atoms with Crippen LogP contribution in [0.5, 0.6) is 0 Å². The van der Waals surface area contributed by atoms with Gasteiger partial charge in [-0.15, -0.1) is 0 Å². The van der Waals surface area contributed by atoms with Crippen molar-refractivity contribution in [3.05, 3.63) is 0 Å². The Morgan fingerprint density at radius 3 is 2.11 bits per heavy atom. The molecule has 2 N–H and O–H groups in total. The maximum atomic E-state index is 11.9. The lowest BCUT2D eigenvalue weighted by Gasteiger charge is -2.19. The van der Waals surface area contributed by atoms with Gasteiger partial charge in [0.1, 0.15) is 6.04 Å². The van der Waals surface area contributed by atoms with Gasteiger partial charge in [-0.1, -0.05) is 13.8 Å². The van der Waals surface area contributed by atoms with E-state index in [0.717, 1.165) is 7.11 Å². The lowest BCUT2D eigenvalue weighted by atomic mass is 10.0. The summed E-state index contributed by atoms with van der Waals surface area (Å²) in [5.41, 5.74) is 0. The first-order valence-corrected chi connectivity index (χ1v) is 5.31. The lowest BCUT2D eigenvalue weighted by molar-refractivity contribution is -0.173. The third kappa shape index (κ3) is 6.07. The topological polar surface area (TPSA) is 84.5 Å². The summed E-state index contributed by atoms with van der Waals surface area (Å²) >= 11 is 0. The van der Waals surface area contributed by atoms with Crippen LogP contribution in [0.2, 0.25) is 0 Å². The molecule has 0 spiro atoms. The van der Waals surface area contributed by atoms with Gasteiger partial charge >= 0.3 is 18.1 Å². The highest BCUT2D eigenvalue weighted by Gasteiger charge is 2.38. The summed E-state index contributed by atoms with van der Waals surface area (Å²) in [7, 11) is 1.12. The molecule has 0 rings (SSSR count). The normalized spacial score (nSPS) is 12.8. The molecule has 0 saturated heterocycles. The van der Waals surface area contributed by atoms with E-state index in [1.807, 2.05) is 0 Å². The van der Waals surface area contributed by atoms with E-state index in [-0.39, 0.29) is 5.92 Å². The van der Waals surface area contributed by atoms with Crippen LogP contribution in [0.15, 0.2) is 0 Å². The summed E-state index contributed by atoms with van der Waals surface area (Å²) in [4.78, 5) is 33.1. The number of halogens is 3. The van der Waals surface area contributed by atoms with Crippen molar-refractivity contribution in [3.63, 3.8) is 0 Å². The summed E-state index contributed by atoms with van der Waals surface area (Å²) in [5, 5.41) is 3.57. The third-order valence-corrected chi connectivity index (χ3v) is 2.11. The van der Waals surface area contributed by atoms with Crippen LogP contribution in [0.1, 0.15) is 13.8 Å². The van der Waals surface area contributed by atoms with Crippen LogP contribution < -0.4 is 10.6 Å². The van der Waals surface area contributed by atoms with Crippen molar-refractivity contribution in [2.45, 2.75) is 26.1 Å². The highest BCUT2D eigenvalue weighted by atomic mass is 19.4. The number of carbonyl (C=O) groups is 3. The molecule has 0 aliphatic rings. The molecule has 110 valence electrons. The van der Waals surface area contributed by atoms with Gasteiger partial charge in [0.15, 0.2) is 0 Å². The van der Waals surface area contributed by atoms with Crippen LogP contribution in [0.25, 0.3) is 0 Å². The van der Waals surface area contributed by atoms with Gasteiger partial charge in [-0.05, 0) is 5.92 Å². The average Bonchev–Trinajstić information content (AvgIpc) is 2.30. The average molecular weight is 284 g/mol. The van der Waals surface area contributed by atoms with Gasteiger partial charge in [0, 0.05) is 0 Å². The Bertz CT molecular complexity index is 355. The smallest absolute Gasteiger partial charge is 0.467 e. The number of carbonyl (C=O) groups excluding carboxylic acids is 3. The van der Waals surface area contributed by atoms with E-state index in [4.69, 9.17) is 0 Å². The van der Waals surface area contributed by atoms with Gasteiger partial charge in [0.25, 0.3) is 0 Å². The number of ether oxygens (including phenoxy) is 1. The summed E-state index contributed by atoms with van der Waals surface area (Å²) in [6, 6.07) is -0.986. The van der Waals surface area contributed by atoms with Crippen molar-refractivity contribution >= 4 is 17.8 Å². The Hall–Kier alpha value is -1.80. The highest BCUT2D eigenvalue weighted by molar-refractivity contribution is 5.89. The predicted molar refractivity (Wildman–Crippen MR) is 57.8 cm³/mol. The molecule has 0 saturated carbocycles. The molecule has 0 heterocycles. The summed E-state index contributed by atoms with van der Waals surface area (Å²) in [6.07, 6.45) is -5.06. The minimum Gasteiger partial charge on any atom is -0.467 e. The molecule has 0 radical (unpaired) electrons. The van der Waals surface area contributed by atoms with Crippen LogP contribution >= 0.6 is 0 Å². The van der Waals surface area contributed by atoms with E-state index in [2.05, 4.69) is 10.1 Å². The number of esters is 1. The molecular formula is C10H15F3N2O4. The number of nitrogens with one attached hydrogen (secondary N) is 2. The molecule has 0 aliphatic heterocycles. The Kier molecular flexibility index (Phi) is 6.30. The number of hydrogen-bond acceptors (Lipinski definition) is 4. The van der Waals surface area contributed by atoms with E-state index in [0.29, 0.717) is 0 Å². The van der Waals surface area contributed by atoms with Gasteiger partial charge in [-0.25, -0.2) is 4.79 Å². The van der Waals surface area contributed by atoms with Crippen molar-refractivity contribution in [1.82, 2.24) is 10.6 Å². The molecule has 9 heteroatoms. The number of hydrogen-bond donors (Lipinski definition) is 2. The van der Waals surface area contributed by atoms with Gasteiger partial charge in [-0.3, -0.25) is 9.59 Å². The van der Waals surface area contributed by atoms with Gasteiger partial charge < -0.3 is 15.4 Å². The molecule has 0 unspecified atom stereocenters. The molecule has 1 atom stereocenters. The number of rotatable bonds is 5. The zero-order valence-electron chi connectivity index (χ0n) is 10.6. The fourth-order valence-corrected chi connectivity index (χ4v) is 1.11. The number of amides is 2. The van der Waals surface area contributed by atoms with E-state index in [9.17, 15) is 27.6 Å². The predicted octanol–water partition coefficient (Wildman–Crippen LogP) is -0.0213. The molecule has 0 fully saturated rings. The molecule has 19 heavy (non-hydrogen) atoms. The molecule has 6 nitrogen and oxygen atoms in total. The van der Waals surface area contributed by atoms with Crippen molar-refractivity contribution < 1.29 is 32.3 Å². The maximum absolute atomic E-state index is 11.9. The van der Waals surface area contributed by atoms with Crippen molar-refractivity contribution in [2.24, 2.45) is 5.92 Å². The molecule has 0 aliphatic carbocycles. The molecule has 0 aromatic carbocycles. The van der Waals surface area contributed by atoms with Gasteiger partial charge in [0.05, 0.1) is 13.7 Å². The van der Waals surface area contributed by atoms with Crippen LogP contribution in [0.4, 0.5) is 13.2 Å². The molecule has 0 bridgehead atoms. The van der Waals surface area contributed by atoms with E-state index >= 15 is 0 Å². The molecule has 2 amide bonds. The molecule has 0 aromatic rings. The monoisotopic (exact) mass is 284 g/mol. The summed E-state index contributed by atoms with van der Waals surface area (Å²) in [5.74, 6) is -4.16. The van der Waals surface area contributed by atoms with Crippen molar-refractivity contribution in [3.8, 4) is 0 Å². The Labute approximate surface area is 107 Å². The van der Waals surface area contributed by atoms with E-state index < -0.39 is 36.5 Å². The SMILES string of the molecule is COC(=O)[C@@H](NC(=O)CNC(=O)C(F)(F)F)C(C)C. The fourth-order valence-electron chi connectivity index (χ4n) is 1.11. The van der Waals surface area contributed by atoms with Crippen LogP contribution in [0, 0.1) is 5.92 Å². The zero-order valence-corrected chi connectivity index (χ0v) is 10.6. The summed E-state index contributed by atoms with van der Waals surface area (Å²) in [6.45, 7) is 2.37. The molecule has 0 aromatic heterocycles. The fraction of sp³-hybridized carbons (Fsp3) is 0.700. The maximum Gasteiger partial charge on any atom is 0.471 e. The first-order chi connectivity index (χ1) is 8.59. The quantitative estimate of drug-likeness (QED) is 0.695. The van der Waals surface area contributed by atoms with E-state index in [1.54, 1.807) is 13.8 Å². The second-order valence-electron chi connectivity index (χ2n) is 3.99. The summed E-state index contributed by atoms with van der Waals surface area (Å²) < 4.78 is 40.0. The highest BCUT2D eigenvalue weighted by Crippen LogP contribution is 2.13. The Morgan fingerprint density at radius 2 is 1.74 bits per heavy atom. The largest absolute Gasteiger partial charge is 0.471 e. The zero-order chi connectivity index (χ0) is 15.2. The molecular weight excluding hydrogens is 269 g/mol. The minimum absolute atomic E-state index is 0.310. The first-order valence-electron chi connectivity index (χ1n) is 5.31. The van der Waals surface area contributed by atoms with Gasteiger partial charge in [0.2, 0.25) is 5.91 Å².